The van der Waals surface area contributed by atoms with E-state index in [2.05, 4.69) is 185 Å². The van der Waals surface area contributed by atoms with E-state index in [1.807, 2.05) is 91.4 Å². The number of rotatable bonds is 18. The fraction of sp³-hybridized carbons (Fsp3) is 0.0952. The molecule has 0 amide bonds. The molecule has 0 saturated carbocycles. The maximum Gasteiger partial charge on any atom is 0.362 e. The molecule has 0 aliphatic carbocycles. The van der Waals surface area contributed by atoms with Crippen molar-refractivity contribution in [1.29, 1.82) is 0 Å². The Morgan fingerprint density at radius 2 is 0.528 bits per heavy atom. The normalized spacial score (nSPS) is 12.4. The molecule has 0 saturated heterocycles. The topological polar surface area (TPSA) is 66.4 Å². The van der Waals surface area contributed by atoms with Gasteiger partial charge < -0.3 is 14.0 Å². The molecule has 10 aromatic rings. The molecule has 3 heterocycles. The van der Waals surface area contributed by atoms with Crippen LogP contribution in [0, 0.1) is 20.8 Å². The largest absolute Gasteiger partial charge is 0.414 e. The van der Waals surface area contributed by atoms with Crippen molar-refractivity contribution in [2.75, 3.05) is 0 Å². The predicted octanol–water partition coefficient (Wildman–Crippen LogP) is 9.53. The van der Waals surface area contributed by atoms with Crippen LogP contribution in [0.15, 0.2) is 255 Å². The molecule has 0 radical (unpaired) electrons. The van der Waals surface area contributed by atoms with E-state index in [4.69, 9.17) is 28.9 Å². The second-order valence-corrected chi connectivity index (χ2v) is 18.3. The molecular formula is C63H54B3N3O3. The van der Waals surface area contributed by atoms with Crippen LogP contribution in [-0.2, 0) is 14.0 Å². The monoisotopic (exact) mass is 933 g/mol. The SMILES string of the molecule is Cc1ccc(C(OB(c2ccccc2)c2cc(B(OC(c3ccc(C)cc3)c3ccccn3)c3ccccc3)cc(B(OC(c3ccc(C)cc3)c3ccccn3)c3ccccc3)c2)c2ccccn2)cc1. The van der Waals surface area contributed by atoms with E-state index in [1.165, 1.54) is 16.7 Å². The summed E-state index contributed by atoms with van der Waals surface area (Å²) < 4.78 is 22.8. The van der Waals surface area contributed by atoms with Crippen LogP contribution in [0.3, 0.4) is 0 Å². The highest BCUT2D eigenvalue weighted by atomic mass is 16.5. The third-order valence-electron chi connectivity index (χ3n) is 13.0. The minimum atomic E-state index is -0.585. The van der Waals surface area contributed by atoms with Gasteiger partial charge in [-0.15, -0.1) is 0 Å². The van der Waals surface area contributed by atoms with Crippen molar-refractivity contribution >= 4 is 53.5 Å². The summed E-state index contributed by atoms with van der Waals surface area (Å²) >= 11 is 0. The number of nitrogens with zero attached hydrogens (tertiary/aromatic N) is 3. The maximum absolute atomic E-state index is 7.61. The van der Waals surface area contributed by atoms with Crippen molar-refractivity contribution in [2.45, 2.75) is 39.1 Å². The lowest BCUT2D eigenvalue weighted by atomic mass is 9.46. The lowest BCUT2D eigenvalue weighted by Gasteiger charge is -2.29. The zero-order valence-corrected chi connectivity index (χ0v) is 40.8. The lowest BCUT2D eigenvalue weighted by Crippen LogP contribution is -2.56. The first-order valence-corrected chi connectivity index (χ1v) is 24.6. The number of hydrogen-bond acceptors (Lipinski definition) is 6. The van der Waals surface area contributed by atoms with Crippen molar-refractivity contribution in [1.82, 2.24) is 15.0 Å². The first-order chi connectivity index (χ1) is 35.4. The van der Waals surface area contributed by atoms with Gasteiger partial charge in [-0.25, -0.2) is 0 Å². The van der Waals surface area contributed by atoms with Crippen LogP contribution in [-0.4, -0.2) is 35.7 Å². The quantitative estimate of drug-likeness (QED) is 0.0800. The highest BCUT2D eigenvalue weighted by molar-refractivity contribution is 6.86. The lowest BCUT2D eigenvalue weighted by molar-refractivity contribution is 0.252. The van der Waals surface area contributed by atoms with Gasteiger partial charge in [0.05, 0.1) is 17.1 Å². The van der Waals surface area contributed by atoms with Crippen LogP contribution >= 0.6 is 0 Å². The Morgan fingerprint density at radius 3 is 0.764 bits per heavy atom. The average molecular weight is 934 g/mol. The van der Waals surface area contributed by atoms with E-state index in [9.17, 15) is 0 Å². The zero-order chi connectivity index (χ0) is 49.1. The number of aryl methyl sites for hydroxylation is 3. The van der Waals surface area contributed by atoms with Gasteiger partial charge in [0.1, 0.15) is 18.3 Å². The smallest absolute Gasteiger partial charge is 0.362 e. The maximum atomic E-state index is 7.61. The van der Waals surface area contributed by atoms with E-state index >= 15 is 0 Å². The van der Waals surface area contributed by atoms with E-state index in [0.29, 0.717) is 0 Å². The van der Waals surface area contributed by atoms with E-state index < -0.39 is 39.1 Å². The summed E-state index contributed by atoms with van der Waals surface area (Å²) in [5.41, 5.74) is 14.6. The molecule has 3 unspecified atom stereocenters. The fourth-order valence-electron chi connectivity index (χ4n) is 9.27. The fourth-order valence-corrected chi connectivity index (χ4v) is 9.27. The van der Waals surface area contributed by atoms with Gasteiger partial charge in [0.2, 0.25) is 0 Å². The summed E-state index contributed by atoms with van der Waals surface area (Å²) in [5, 5.41) is 0. The number of aromatic nitrogens is 3. The Morgan fingerprint density at radius 1 is 0.278 bits per heavy atom. The molecule has 0 N–H and O–H groups in total. The zero-order valence-electron chi connectivity index (χ0n) is 40.8. The number of benzene rings is 7. The highest BCUT2D eigenvalue weighted by Crippen LogP contribution is 2.29. The van der Waals surface area contributed by atoms with E-state index in [-0.39, 0.29) is 0 Å². The van der Waals surface area contributed by atoms with Crippen molar-refractivity contribution in [3.8, 4) is 0 Å². The standard InChI is InChI=1S/C63H54B3N3O3/c1-46-28-34-49(35-29-46)61(58-25-13-16-40-67-58)70-64(52-19-7-4-8-20-52)55-43-56(65(53-21-9-5-10-22-53)71-62(59-26-14-17-41-68-59)50-36-30-47(2)31-37-50)45-57(44-55)66(54-23-11-6-12-24-54)72-63(60-27-15-18-42-69-60)51-38-32-48(3)33-39-51/h4-45,61-63H,1-3H3. The molecule has 348 valence electrons. The Bertz CT molecular complexity index is 2890. The summed E-state index contributed by atoms with van der Waals surface area (Å²) in [4.78, 5) is 14.7. The van der Waals surface area contributed by atoms with Gasteiger partial charge in [-0.1, -0.05) is 217 Å². The predicted molar refractivity (Wildman–Crippen MR) is 296 cm³/mol. The van der Waals surface area contributed by atoms with Crippen molar-refractivity contribution in [3.63, 3.8) is 0 Å². The summed E-state index contributed by atoms with van der Waals surface area (Å²) in [5.74, 6) is 0. The van der Waals surface area contributed by atoms with Gasteiger partial charge in [0.15, 0.2) is 0 Å². The molecular weight excluding hydrogens is 879 g/mol. The summed E-state index contributed by atoms with van der Waals surface area (Å²) in [7, 11) is 0. The van der Waals surface area contributed by atoms with Gasteiger partial charge in [0.25, 0.3) is 0 Å². The Hall–Kier alpha value is -7.94. The second kappa shape index (κ2) is 22.9. The van der Waals surface area contributed by atoms with Crippen LogP contribution in [0.25, 0.3) is 0 Å². The summed E-state index contributed by atoms with van der Waals surface area (Å²) in [6.45, 7) is 4.55. The molecule has 9 heteroatoms. The molecule has 0 aliphatic heterocycles. The molecule has 10 rings (SSSR count). The third kappa shape index (κ3) is 11.5. The van der Waals surface area contributed by atoms with Crippen molar-refractivity contribution in [3.05, 3.63) is 306 Å². The van der Waals surface area contributed by atoms with Crippen molar-refractivity contribution < 1.29 is 14.0 Å². The Balaban J connectivity index is 1.21. The van der Waals surface area contributed by atoms with Crippen LogP contribution in [0.2, 0.25) is 0 Å². The average Bonchev–Trinajstić information content (AvgIpc) is 3.44. The molecule has 0 fully saturated rings. The van der Waals surface area contributed by atoms with Gasteiger partial charge in [-0.2, -0.15) is 0 Å². The summed E-state index contributed by atoms with van der Waals surface area (Å²) in [6, 6.07) is 81.8. The van der Waals surface area contributed by atoms with Crippen molar-refractivity contribution in [2.24, 2.45) is 0 Å². The van der Waals surface area contributed by atoms with Gasteiger partial charge in [-0.05, 0) is 107 Å². The number of pyridine rings is 3. The summed E-state index contributed by atoms with van der Waals surface area (Å²) in [6.07, 6.45) is 3.94. The minimum Gasteiger partial charge on any atom is -0.414 e. The first-order valence-electron chi connectivity index (χ1n) is 24.6. The molecule has 0 spiro atoms. The highest BCUT2D eigenvalue weighted by Gasteiger charge is 2.36. The Kier molecular flexibility index (Phi) is 15.2. The molecule has 0 aliphatic rings. The molecule has 3 atom stereocenters. The van der Waals surface area contributed by atoms with E-state index in [1.54, 1.807) is 0 Å². The van der Waals surface area contributed by atoms with Crippen LogP contribution in [0.1, 0.15) is 68.8 Å². The number of hydrogen-bond donors (Lipinski definition) is 0. The van der Waals surface area contributed by atoms with E-state index in [0.717, 1.165) is 66.5 Å². The molecule has 3 aromatic heterocycles. The molecule has 0 bridgehead atoms. The molecule has 7 aromatic carbocycles. The molecule has 72 heavy (non-hydrogen) atoms. The van der Waals surface area contributed by atoms with Gasteiger partial charge in [0, 0.05) is 18.6 Å². The Labute approximate surface area is 425 Å². The third-order valence-corrected chi connectivity index (χ3v) is 13.0. The second-order valence-electron chi connectivity index (χ2n) is 18.3. The van der Waals surface area contributed by atoms with Crippen LogP contribution in [0.5, 0.6) is 0 Å². The van der Waals surface area contributed by atoms with Crippen LogP contribution in [0.4, 0.5) is 0 Å². The first kappa shape index (κ1) is 47.7. The van der Waals surface area contributed by atoms with Crippen LogP contribution < -0.4 is 32.8 Å². The molecule has 6 nitrogen and oxygen atoms in total. The minimum absolute atomic E-state index is 0.517. The van der Waals surface area contributed by atoms with Gasteiger partial charge in [-0.3, -0.25) is 15.0 Å². The van der Waals surface area contributed by atoms with Gasteiger partial charge >= 0.3 is 20.7 Å².